The van der Waals surface area contributed by atoms with E-state index in [1.807, 2.05) is 0 Å². The number of hydrogen-bond donors (Lipinski definition) is 0. The average Bonchev–Trinajstić information content (AvgIpc) is 1.60. The summed E-state index contributed by atoms with van der Waals surface area (Å²) in [6.07, 6.45) is 1.98. The van der Waals surface area contributed by atoms with Crippen LogP contribution in [0.5, 0.6) is 0 Å². The fourth-order valence-corrected chi connectivity index (χ4v) is 1.22. The van der Waals surface area contributed by atoms with E-state index >= 15 is 0 Å². The lowest BCUT2D eigenvalue weighted by Crippen LogP contribution is -2.30. The minimum Gasteiger partial charge on any atom is -0.198 e. The Morgan fingerprint density at radius 3 is 2.38 bits per heavy atom. The van der Waals surface area contributed by atoms with Gasteiger partial charge in [-0.25, -0.2) is 0 Å². The molecule has 1 fully saturated rings. The Labute approximate surface area is 50.3 Å². The summed E-state index contributed by atoms with van der Waals surface area (Å²) in [5, 5.41) is 8.34. The van der Waals surface area contributed by atoms with E-state index < -0.39 is 0 Å². The molecule has 1 saturated carbocycles. The molecule has 8 heavy (non-hydrogen) atoms. The molecule has 1 heteroatoms. The van der Waals surface area contributed by atoms with Crippen LogP contribution in [0.3, 0.4) is 0 Å². The van der Waals surface area contributed by atoms with E-state index in [1.54, 1.807) is 0 Å². The highest BCUT2D eigenvalue weighted by Gasteiger charge is 2.35. The first-order valence-electron chi connectivity index (χ1n) is 2.89. The maximum atomic E-state index is 8.34. The van der Waals surface area contributed by atoms with Gasteiger partial charge in [0.1, 0.15) is 0 Å². The lowest BCUT2D eigenvalue weighted by Gasteiger charge is -2.38. The van der Waals surface area contributed by atoms with E-state index in [1.165, 1.54) is 0 Å². The van der Waals surface area contributed by atoms with Crippen molar-refractivity contribution in [2.75, 3.05) is 0 Å². The summed E-state index contributed by atoms with van der Waals surface area (Å²) in [6.45, 7) is 6.02. The van der Waals surface area contributed by atoms with Gasteiger partial charge in [-0.1, -0.05) is 6.92 Å². The zero-order valence-electron chi connectivity index (χ0n) is 5.15. The van der Waals surface area contributed by atoms with Gasteiger partial charge >= 0.3 is 0 Å². The molecule has 0 aromatic carbocycles. The molecule has 1 aliphatic rings. The molecule has 0 bridgehead atoms. The molecule has 1 aliphatic carbocycles. The Morgan fingerprint density at radius 1 is 1.75 bits per heavy atom. The smallest absolute Gasteiger partial charge is 0.0656 e. The fraction of sp³-hybridized carbons (Fsp3) is 0.714. The molecule has 1 radical (unpaired) electrons. The van der Waals surface area contributed by atoms with Gasteiger partial charge in [0.05, 0.1) is 6.07 Å². The van der Waals surface area contributed by atoms with Crippen LogP contribution in [0.2, 0.25) is 0 Å². The van der Waals surface area contributed by atoms with E-state index in [4.69, 9.17) is 5.26 Å². The van der Waals surface area contributed by atoms with E-state index in [0.29, 0.717) is 5.92 Å². The van der Waals surface area contributed by atoms with Crippen molar-refractivity contribution < 1.29 is 0 Å². The first kappa shape index (κ1) is 5.62. The highest BCUT2D eigenvalue weighted by Crippen LogP contribution is 2.43. The van der Waals surface area contributed by atoms with Crippen LogP contribution in [0, 0.1) is 29.6 Å². The molecule has 0 atom stereocenters. The zero-order chi connectivity index (χ0) is 6.20. The molecule has 0 spiro atoms. The predicted molar refractivity (Wildman–Crippen MR) is 31.8 cm³/mol. The van der Waals surface area contributed by atoms with Gasteiger partial charge in [-0.3, -0.25) is 0 Å². The van der Waals surface area contributed by atoms with Gasteiger partial charge < -0.3 is 0 Å². The lowest BCUT2D eigenvalue weighted by atomic mass is 9.65. The molecule has 0 aliphatic heterocycles. The van der Waals surface area contributed by atoms with Crippen LogP contribution in [0.15, 0.2) is 0 Å². The molecule has 0 aromatic rings. The van der Waals surface area contributed by atoms with Crippen molar-refractivity contribution in [3.8, 4) is 6.07 Å². The van der Waals surface area contributed by atoms with Gasteiger partial charge in [0.2, 0.25) is 0 Å². The van der Waals surface area contributed by atoms with Gasteiger partial charge in [-0.15, -0.1) is 0 Å². The highest BCUT2D eigenvalue weighted by molar-refractivity contribution is 5.01. The second-order valence-electron chi connectivity index (χ2n) is 3.04. The first-order valence-corrected chi connectivity index (χ1v) is 2.89. The molecule has 0 unspecified atom stereocenters. The van der Waals surface area contributed by atoms with Crippen LogP contribution in [0.1, 0.15) is 19.8 Å². The molecule has 0 heterocycles. The quantitative estimate of drug-likeness (QED) is 0.464. The second kappa shape index (κ2) is 1.48. The highest BCUT2D eigenvalue weighted by atomic mass is 14.4. The third kappa shape index (κ3) is 0.838. The molecule has 1 nitrogen and oxygen atoms in total. The summed E-state index contributed by atoms with van der Waals surface area (Å²) in [5.41, 5.74) is 0.223. The minimum atomic E-state index is 0.223. The Balaban J connectivity index is 2.34. The Morgan fingerprint density at radius 2 is 2.25 bits per heavy atom. The number of rotatable bonds is 0. The normalized spacial score (nSPS) is 26.1. The molecule has 0 saturated heterocycles. The largest absolute Gasteiger partial charge is 0.198 e. The van der Waals surface area contributed by atoms with Crippen LogP contribution >= 0.6 is 0 Å². The van der Waals surface area contributed by atoms with Crippen LogP contribution in [-0.2, 0) is 0 Å². The van der Waals surface area contributed by atoms with Crippen molar-refractivity contribution in [3.05, 3.63) is 6.92 Å². The van der Waals surface area contributed by atoms with Crippen LogP contribution in [-0.4, -0.2) is 0 Å². The van der Waals surface area contributed by atoms with Crippen LogP contribution in [0.4, 0.5) is 0 Å². The summed E-state index contributed by atoms with van der Waals surface area (Å²) >= 11 is 0. The van der Waals surface area contributed by atoms with Crippen molar-refractivity contribution in [2.24, 2.45) is 11.3 Å². The lowest BCUT2D eigenvalue weighted by molar-refractivity contribution is 0.170. The van der Waals surface area contributed by atoms with E-state index in [0.717, 1.165) is 12.8 Å². The fourth-order valence-electron chi connectivity index (χ4n) is 1.22. The Hall–Kier alpha value is -0.510. The first-order chi connectivity index (χ1) is 3.64. The molecule has 0 N–H and O–H groups in total. The second-order valence-corrected chi connectivity index (χ2v) is 3.04. The van der Waals surface area contributed by atoms with Crippen molar-refractivity contribution >= 4 is 0 Å². The molecule has 43 valence electrons. The molecular formula is C7H10N. The SMILES string of the molecule is [CH2]C1(C)CC(C#N)C1. The van der Waals surface area contributed by atoms with Crippen LogP contribution in [0.25, 0.3) is 0 Å². The Bertz CT molecular complexity index is 122. The van der Waals surface area contributed by atoms with Crippen LogP contribution < -0.4 is 0 Å². The number of hydrogen-bond acceptors (Lipinski definition) is 1. The molecule has 0 amide bonds. The van der Waals surface area contributed by atoms with Gasteiger partial charge in [0.25, 0.3) is 0 Å². The summed E-state index contributed by atoms with van der Waals surface area (Å²) in [7, 11) is 0. The van der Waals surface area contributed by atoms with Gasteiger partial charge in [-0.05, 0) is 25.2 Å². The van der Waals surface area contributed by atoms with Crippen molar-refractivity contribution in [2.45, 2.75) is 19.8 Å². The van der Waals surface area contributed by atoms with Crippen molar-refractivity contribution in [1.82, 2.24) is 0 Å². The van der Waals surface area contributed by atoms with Gasteiger partial charge in [-0.2, -0.15) is 5.26 Å². The number of nitrogens with zero attached hydrogens (tertiary/aromatic N) is 1. The third-order valence-corrected chi connectivity index (χ3v) is 1.66. The zero-order valence-corrected chi connectivity index (χ0v) is 5.15. The van der Waals surface area contributed by atoms with E-state index in [9.17, 15) is 0 Å². The minimum absolute atomic E-state index is 0.223. The number of nitriles is 1. The summed E-state index contributed by atoms with van der Waals surface area (Å²) in [4.78, 5) is 0. The monoisotopic (exact) mass is 108 g/mol. The van der Waals surface area contributed by atoms with E-state index in [2.05, 4.69) is 19.9 Å². The standard InChI is InChI=1S/C7H10N/c1-7(2)3-6(4-7)5-8/h6H,1,3-4H2,2H3. The maximum absolute atomic E-state index is 8.34. The average molecular weight is 108 g/mol. The summed E-state index contributed by atoms with van der Waals surface area (Å²) in [5.74, 6) is 0.303. The Kier molecular flexibility index (Phi) is 1.04. The topological polar surface area (TPSA) is 23.8 Å². The van der Waals surface area contributed by atoms with E-state index in [-0.39, 0.29) is 5.41 Å². The van der Waals surface area contributed by atoms with Gasteiger partial charge in [0, 0.05) is 5.92 Å². The van der Waals surface area contributed by atoms with Gasteiger partial charge in [0.15, 0.2) is 0 Å². The molecule has 1 rings (SSSR count). The summed E-state index contributed by atoms with van der Waals surface area (Å²) in [6, 6.07) is 2.22. The molecular weight excluding hydrogens is 98.1 g/mol. The molecule has 0 aromatic heterocycles. The van der Waals surface area contributed by atoms with Crippen molar-refractivity contribution in [3.63, 3.8) is 0 Å². The summed E-state index contributed by atoms with van der Waals surface area (Å²) < 4.78 is 0. The van der Waals surface area contributed by atoms with Crippen molar-refractivity contribution in [1.29, 1.82) is 5.26 Å². The third-order valence-electron chi connectivity index (χ3n) is 1.66. The maximum Gasteiger partial charge on any atom is 0.0656 e. The predicted octanol–water partition coefficient (Wildman–Crippen LogP) is 1.76.